The van der Waals surface area contributed by atoms with Crippen molar-refractivity contribution in [3.63, 3.8) is 0 Å². The smallest absolute Gasteiger partial charge is 0.392 e. The molecule has 1 aromatic heterocycles. The number of hydrogen-bond acceptors (Lipinski definition) is 5. The first-order chi connectivity index (χ1) is 8.34. The second-order valence-electron chi connectivity index (χ2n) is 4.09. The number of nitrogens with two attached hydrogens (primary N) is 1. The van der Waals surface area contributed by atoms with Gasteiger partial charge in [0.05, 0.1) is 24.2 Å². The van der Waals surface area contributed by atoms with Gasteiger partial charge in [0.2, 0.25) is 0 Å². The van der Waals surface area contributed by atoms with Crippen molar-refractivity contribution in [1.29, 1.82) is 0 Å². The molecular weight excluding hydrogens is 249 g/mol. The number of aliphatic hydroxyl groups excluding tert-OH is 1. The van der Waals surface area contributed by atoms with Gasteiger partial charge in [-0.3, -0.25) is 0 Å². The van der Waals surface area contributed by atoms with E-state index in [-0.39, 0.29) is 5.82 Å². The summed E-state index contributed by atoms with van der Waals surface area (Å²) in [5.74, 6) is 0.133. The highest BCUT2D eigenvalue weighted by Gasteiger charge is 2.45. The van der Waals surface area contributed by atoms with Crippen LogP contribution < -0.4 is 16.0 Å². The minimum Gasteiger partial charge on any atom is -0.392 e. The lowest BCUT2D eigenvalue weighted by Gasteiger charge is -2.32. The van der Waals surface area contributed by atoms with Crippen molar-refractivity contribution < 1.29 is 18.3 Å². The van der Waals surface area contributed by atoms with Crippen LogP contribution in [-0.2, 0) is 0 Å². The van der Waals surface area contributed by atoms with Gasteiger partial charge in [-0.2, -0.15) is 13.2 Å². The molecule has 5 nitrogen and oxygen atoms in total. The highest BCUT2D eigenvalue weighted by Crippen LogP contribution is 2.39. The Bertz CT molecular complexity index is 451. The zero-order valence-electron chi connectivity index (χ0n) is 9.57. The van der Waals surface area contributed by atoms with Crippen LogP contribution >= 0.6 is 0 Å². The van der Waals surface area contributed by atoms with Gasteiger partial charge in [-0.1, -0.05) is 0 Å². The first-order valence-electron chi connectivity index (χ1n) is 5.32. The Hall–Kier alpha value is -1.70. The third-order valence-corrected chi connectivity index (χ3v) is 2.90. The SMILES string of the molecule is CC(N1c2cc(N)ncc2NC1CO)C(F)(F)F. The van der Waals surface area contributed by atoms with Crippen LogP contribution in [0.2, 0.25) is 0 Å². The van der Waals surface area contributed by atoms with E-state index in [1.165, 1.54) is 12.3 Å². The standard InChI is InChI=1S/C10H13F3N4O/c1-5(10(11,12)13)17-7-2-8(14)15-3-6(7)16-9(17)4-18/h2-3,5,9,16,18H,4H2,1H3,(H2,14,15). The highest BCUT2D eigenvalue weighted by molar-refractivity contribution is 5.77. The Morgan fingerprint density at radius 3 is 2.83 bits per heavy atom. The number of aromatic nitrogens is 1. The van der Waals surface area contributed by atoms with Gasteiger partial charge < -0.3 is 21.1 Å². The number of pyridine rings is 1. The Balaban J connectivity index is 2.42. The van der Waals surface area contributed by atoms with Gasteiger partial charge >= 0.3 is 6.18 Å². The third kappa shape index (κ3) is 2.03. The fourth-order valence-corrected chi connectivity index (χ4v) is 1.97. The molecule has 0 aromatic carbocycles. The molecule has 0 radical (unpaired) electrons. The van der Waals surface area contributed by atoms with E-state index in [9.17, 15) is 13.2 Å². The van der Waals surface area contributed by atoms with Crippen molar-refractivity contribution >= 4 is 17.2 Å². The van der Waals surface area contributed by atoms with Gasteiger partial charge in [-0.05, 0) is 6.92 Å². The normalized spacial score (nSPS) is 20.5. The van der Waals surface area contributed by atoms with Crippen molar-refractivity contribution in [3.05, 3.63) is 12.3 Å². The molecule has 1 aliphatic heterocycles. The van der Waals surface area contributed by atoms with E-state index in [4.69, 9.17) is 10.8 Å². The summed E-state index contributed by atoms with van der Waals surface area (Å²) in [6.07, 6.45) is -3.87. The van der Waals surface area contributed by atoms with E-state index in [0.29, 0.717) is 11.4 Å². The number of nitrogens with zero attached hydrogens (tertiary/aromatic N) is 2. The van der Waals surface area contributed by atoms with Gasteiger partial charge in [-0.15, -0.1) is 0 Å². The molecule has 0 amide bonds. The van der Waals surface area contributed by atoms with Crippen LogP contribution in [0.25, 0.3) is 0 Å². The first-order valence-corrected chi connectivity index (χ1v) is 5.32. The van der Waals surface area contributed by atoms with E-state index >= 15 is 0 Å². The molecule has 0 aliphatic carbocycles. The van der Waals surface area contributed by atoms with Crippen LogP contribution in [0.1, 0.15) is 6.92 Å². The number of anilines is 3. The first kappa shape index (κ1) is 12.7. The summed E-state index contributed by atoms with van der Waals surface area (Å²) in [6.45, 7) is 0.588. The molecule has 0 bridgehead atoms. The quantitative estimate of drug-likeness (QED) is 0.746. The molecule has 2 heterocycles. The molecular formula is C10H13F3N4O. The minimum atomic E-state index is -4.39. The molecule has 1 aliphatic rings. The maximum absolute atomic E-state index is 12.8. The van der Waals surface area contributed by atoms with Crippen molar-refractivity contribution in [1.82, 2.24) is 4.98 Å². The molecule has 0 fully saturated rings. The number of hydrogen-bond donors (Lipinski definition) is 3. The van der Waals surface area contributed by atoms with Crippen LogP contribution in [0.4, 0.5) is 30.4 Å². The summed E-state index contributed by atoms with van der Waals surface area (Å²) >= 11 is 0. The molecule has 1 aromatic rings. The summed E-state index contributed by atoms with van der Waals surface area (Å²) in [4.78, 5) is 4.86. The van der Waals surface area contributed by atoms with Gasteiger partial charge in [-0.25, -0.2) is 4.98 Å². The summed E-state index contributed by atoms with van der Waals surface area (Å²) in [7, 11) is 0. The Morgan fingerprint density at radius 1 is 1.61 bits per heavy atom. The lowest BCUT2D eigenvalue weighted by atomic mass is 10.2. The van der Waals surface area contributed by atoms with Crippen LogP contribution in [0.5, 0.6) is 0 Å². The molecule has 2 rings (SSSR count). The van der Waals surface area contributed by atoms with Gasteiger partial charge in [0.1, 0.15) is 18.0 Å². The second-order valence-corrected chi connectivity index (χ2v) is 4.09. The van der Waals surface area contributed by atoms with Gasteiger partial charge in [0, 0.05) is 6.07 Å². The molecule has 8 heteroatoms. The molecule has 2 unspecified atom stereocenters. The maximum Gasteiger partial charge on any atom is 0.408 e. The zero-order valence-corrected chi connectivity index (χ0v) is 9.57. The number of rotatable bonds is 2. The van der Waals surface area contributed by atoms with Gasteiger partial charge in [0.15, 0.2) is 0 Å². The van der Waals surface area contributed by atoms with Crippen LogP contribution in [0.3, 0.4) is 0 Å². The zero-order chi connectivity index (χ0) is 13.5. The predicted octanol–water partition coefficient (Wildman–Crippen LogP) is 1.16. The summed E-state index contributed by atoms with van der Waals surface area (Å²) in [5.41, 5.74) is 6.21. The van der Waals surface area contributed by atoms with Crippen LogP contribution in [0.15, 0.2) is 12.3 Å². The van der Waals surface area contributed by atoms with Crippen LogP contribution in [0, 0.1) is 0 Å². The fraction of sp³-hybridized carbons (Fsp3) is 0.500. The van der Waals surface area contributed by atoms with Crippen molar-refractivity contribution in [2.45, 2.75) is 25.3 Å². The molecule has 18 heavy (non-hydrogen) atoms. The highest BCUT2D eigenvalue weighted by atomic mass is 19.4. The molecule has 0 spiro atoms. The average Bonchev–Trinajstić information content (AvgIpc) is 2.64. The van der Waals surface area contributed by atoms with Crippen molar-refractivity contribution in [3.8, 4) is 0 Å². The topological polar surface area (TPSA) is 74.4 Å². The Labute approximate surface area is 101 Å². The van der Waals surface area contributed by atoms with E-state index in [1.807, 2.05) is 0 Å². The van der Waals surface area contributed by atoms with E-state index in [0.717, 1.165) is 11.8 Å². The Kier molecular flexibility index (Phi) is 2.97. The number of nitrogen functional groups attached to an aromatic ring is 1. The molecule has 0 saturated heterocycles. The molecule has 100 valence electrons. The van der Waals surface area contributed by atoms with Crippen molar-refractivity contribution in [2.24, 2.45) is 0 Å². The number of alkyl halides is 3. The molecule has 0 saturated carbocycles. The maximum atomic E-state index is 12.8. The average molecular weight is 262 g/mol. The van der Waals surface area contributed by atoms with E-state index in [1.54, 1.807) is 0 Å². The van der Waals surface area contributed by atoms with Crippen molar-refractivity contribution in [2.75, 3.05) is 22.6 Å². The summed E-state index contributed by atoms with van der Waals surface area (Å²) in [5, 5.41) is 11.9. The molecule has 2 atom stereocenters. The largest absolute Gasteiger partial charge is 0.408 e. The predicted molar refractivity (Wildman–Crippen MR) is 61.1 cm³/mol. The number of aliphatic hydroxyl groups is 1. The van der Waals surface area contributed by atoms with Gasteiger partial charge in [0.25, 0.3) is 0 Å². The lowest BCUT2D eigenvalue weighted by Crippen LogP contribution is -2.50. The lowest BCUT2D eigenvalue weighted by molar-refractivity contribution is -0.145. The number of nitrogens with one attached hydrogen (secondary N) is 1. The van der Waals surface area contributed by atoms with E-state index < -0.39 is 25.0 Å². The molecule has 4 N–H and O–H groups in total. The second kappa shape index (κ2) is 4.20. The van der Waals surface area contributed by atoms with E-state index in [2.05, 4.69) is 10.3 Å². The third-order valence-electron chi connectivity index (χ3n) is 2.90. The number of halogens is 3. The monoisotopic (exact) mass is 262 g/mol. The summed E-state index contributed by atoms with van der Waals surface area (Å²) in [6, 6.07) is -0.370. The summed E-state index contributed by atoms with van der Waals surface area (Å²) < 4.78 is 38.4. The minimum absolute atomic E-state index is 0.133. The Morgan fingerprint density at radius 2 is 2.28 bits per heavy atom. The van der Waals surface area contributed by atoms with Crippen LogP contribution in [-0.4, -0.2) is 35.1 Å². The number of fused-ring (bicyclic) bond motifs is 1. The fourth-order valence-electron chi connectivity index (χ4n) is 1.97.